The van der Waals surface area contributed by atoms with Gasteiger partial charge in [0, 0.05) is 29.2 Å². The molecule has 1 N–H and O–H groups in total. The van der Waals surface area contributed by atoms with E-state index in [-0.39, 0.29) is 16.7 Å². The van der Waals surface area contributed by atoms with Gasteiger partial charge in [-0.2, -0.15) is 17.2 Å². The van der Waals surface area contributed by atoms with Gasteiger partial charge in [-0.3, -0.25) is 4.79 Å². The zero-order valence-electron chi connectivity index (χ0n) is 15.8. The van der Waals surface area contributed by atoms with Gasteiger partial charge < -0.3 is 10.2 Å². The van der Waals surface area contributed by atoms with Crippen LogP contribution in [0, 0.1) is 5.92 Å². The Morgan fingerprint density at radius 2 is 1.90 bits per heavy atom. The summed E-state index contributed by atoms with van der Waals surface area (Å²) in [4.78, 5) is 15.2. The molecule has 2 aromatic rings. The average Bonchev–Trinajstić information content (AvgIpc) is 3.00. The van der Waals surface area contributed by atoms with Crippen LogP contribution < -0.4 is 5.32 Å². The number of carbonyl (C=O) groups is 1. The minimum absolute atomic E-state index is 0.188. The Kier molecular flexibility index (Phi) is 5.79. The van der Waals surface area contributed by atoms with Gasteiger partial charge in [0.1, 0.15) is 4.90 Å². The van der Waals surface area contributed by atoms with E-state index < -0.39 is 15.8 Å². The molecular weight excluding hydrogens is 432 g/mol. The highest BCUT2D eigenvalue weighted by Gasteiger charge is 2.35. The van der Waals surface area contributed by atoms with Gasteiger partial charge >= 0.3 is 0 Å². The van der Waals surface area contributed by atoms with E-state index in [1.54, 1.807) is 30.3 Å². The fourth-order valence-electron chi connectivity index (χ4n) is 3.66. The maximum absolute atomic E-state index is 12.7. The monoisotopic (exact) mass is 451 g/mol. The topological polar surface area (TPSA) is 78.8 Å². The Bertz CT molecular complexity index is 1090. The summed E-state index contributed by atoms with van der Waals surface area (Å²) in [6, 6.07) is 12.9. The van der Waals surface area contributed by atoms with E-state index in [4.69, 9.17) is 0 Å². The molecule has 158 valence electrons. The van der Waals surface area contributed by atoms with Gasteiger partial charge in [-0.15, -0.1) is 4.40 Å². The molecule has 2 aliphatic rings. The average molecular weight is 452 g/mol. The van der Waals surface area contributed by atoms with Crippen molar-refractivity contribution < 1.29 is 22.0 Å². The number of piperidine rings is 1. The van der Waals surface area contributed by atoms with E-state index in [0.29, 0.717) is 53.3 Å². The normalized spacial score (nSPS) is 20.0. The van der Waals surface area contributed by atoms with Crippen molar-refractivity contribution in [2.75, 3.05) is 18.4 Å². The van der Waals surface area contributed by atoms with Crippen LogP contribution in [0.25, 0.3) is 0 Å². The van der Waals surface area contributed by atoms with Crippen molar-refractivity contribution in [3.63, 3.8) is 0 Å². The number of nitrogens with one attached hydrogen (secondary N) is 1. The highest BCUT2D eigenvalue weighted by molar-refractivity contribution is 7.99. The third-order valence-corrected chi connectivity index (χ3v) is 7.10. The van der Waals surface area contributed by atoms with Gasteiger partial charge in [0.2, 0.25) is 5.91 Å². The van der Waals surface area contributed by atoms with Crippen LogP contribution in [0.1, 0.15) is 18.4 Å². The Morgan fingerprint density at radius 1 is 1.17 bits per heavy atom. The third-order valence-electron chi connectivity index (χ3n) is 5.05. The lowest BCUT2D eigenvalue weighted by molar-refractivity contribution is -0.121. The second-order valence-electron chi connectivity index (χ2n) is 7.06. The molecule has 0 saturated carbocycles. The first-order chi connectivity index (χ1) is 14.3. The number of nitrogens with zero attached hydrogens (tertiary/aromatic N) is 2. The van der Waals surface area contributed by atoms with Crippen LogP contribution in [-0.4, -0.2) is 43.9 Å². The van der Waals surface area contributed by atoms with Crippen LogP contribution in [0.4, 0.5) is 14.5 Å². The number of amidine groups is 1. The fraction of sp³-hybridized carbons (Fsp3) is 0.300. The predicted octanol–water partition coefficient (Wildman–Crippen LogP) is 3.80. The molecule has 0 spiro atoms. The number of anilines is 1. The van der Waals surface area contributed by atoms with Crippen LogP contribution in [0.3, 0.4) is 0 Å². The van der Waals surface area contributed by atoms with Crippen LogP contribution in [0.2, 0.25) is 0 Å². The molecule has 0 aliphatic carbocycles. The van der Waals surface area contributed by atoms with Crippen molar-refractivity contribution in [3.05, 3.63) is 54.1 Å². The van der Waals surface area contributed by atoms with Crippen molar-refractivity contribution >= 4 is 39.2 Å². The largest absolute Gasteiger partial charge is 0.355 e. The summed E-state index contributed by atoms with van der Waals surface area (Å²) >= 11 is 0.448. The molecule has 0 aromatic heterocycles. The van der Waals surface area contributed by atoms with Crippen molar-refractivity contribution in [1.29, 1.82) is 0 Å². The predicted molar refractivity (Wildman–Crippen MR) is 111 cm³/mol. The molecule has 1 fully saturated rings. The van der Waals surface area contributed by atoms with Gasteiger partial charge in [-0.25, -0.2) is 0 Å². The molecule has 1 amide bonds. The molecule has 1 atom stereocenters. The summed E-state index contributed by atoms with van der Waals surface area (Å²) in [6.07, 6.45) is 1.40. The molecule has 1 unspecified atom stereocenters. The number of carbonyl (C=O) groups excluding carboxylic acids is 1. The standard InChI is InChI=1S/C20H19F2N3O3S2/c21-20(22)29-15-9-7-14(8-10-15)23-19(26)13-4-3-11-25(12-13)18-16-5-1-2-6-17(16)30(27,28)24-18/h1-2,5-10,13,20H,3-4,11-12H2,(H,23,26). The van der Waals surface area contributed by atoms with Crippen LogP contribution >= 0.6 is 11.8 Å². The maximum atomic E-state index is 12.7. The molecule has 4 rings (SSSR count). The molecule has 2 aromatic carbocycles. The Balaban J connectivity index is 1.45. The van der Waals surface area contributed by atoms with Gasteiger partial charge in [-0.05, 0) is 49.2 Å². The molecule has 10 heteroatoms. The number of hydrogen-bond donors (Lipinski definition) is 1. The number of sulfonamides is 1. The van der Waals surface area contributed by atoms with E-state index in [0.717, 1.165) is 6.42 Å². The Hall–Kier alpha value is -2.46. The zero-order valence-corrected chi connectivity index (χ0v) is 17.4. The third kappa shape index (κ3) is 4.34. The summed E-state index contributed by atoms with van der Waals surface area (Å²) in [6.45, 7) is 0.972. The van der Waals surface area contributed by atoms with Crippen molar-refractivity contribution in [2.45, 2.75) is 28.4 Å². The van der Waals surface area contributed by atoms with E-state index in [1.807, 2.05) is 4.90 Å². The molecule has 0 bridgehead atoms. The molecule has 6 nitrogen and oxygen atoms in total. The first kappa shape index (κ1) is 20.8. The highest BCUT2D eigenvalue weighted by Crippen LogP contribution is 2.30. The second kappa shape index (κ2) is 8.35. The van der Waals surface area contributed by atoms with Crippen LogP contribution in [0.15, 0.2) is 62.7 Å². The van der Waals surface area contributed by atoms with E-state index in [1.165, 1.54) is 18.2 Å². The number of likely N-dealkylation sites (tertiary alicyclic amines) is 1. The summed E-state index contributed by atoms with van der Waals surface area (Å²) in [5.74, 6) is -2.64. The van der Waals surface area contributed by atoms with Gasteiger partial charge in [0.15, 0.2) is 5.84 Å². The molecule has 1 saturated heterocycles. The minimum Gasteiger partial charge on any atom is -0.355 e. The summed E-state index contributed by atoms with van der Waals surface area (Å²) < 4.78 is 53.4. The van der Waals surface area contributed by atoms with Gasteiger partial charge in [-0.1, -0.05) is 23.9 Å². The van der Waals surface area contributed by atoms with Crippen LogP contribution in [-0.2, 0) is 14.8 Å². The molecule has 2 aliphatic heterocycles. The number of rotatable bonds is 4. The number of fused-ring (bicyclic) bond motifs is 1. The second-order valence-corrected chi connectivity index (χ2v) is 9.70. The highest BCUT2D eigenvalue weighted by atomic mass is 32.2. The number of thioether (sulfide) groups is 1. The lowest BCUT2D eigenvalue weighted by atomic mass is 9.96. The number of benzene rings is 2. The number of alkyl halides is 2. The summed E-state index contributed by atoms with van der Waals surface area (Å²) in [5, 5.41) is 2.82. The number of amides is 1. The van der Waals surface area contributed by atoms with Crippen LogP contribution in [0.5, 0.6) is 0 Å². The van der Waals surface area contributed by atoms with E-state index in [2.05, 4.69) is 9.71 Å². The lowest BCUT2D eigenvalue weighted by Gasteiger charge is -2.33. The summed E-state index contributed by atoms with van der Waals surface area (Å²) in [7, 11) is -3.71. The molecule has 30 heavy (non-hydrogen) atoms. The zero-order chi connectivity index (χ0) is 21.3. The lowest BCUT2D eigenvalue weighted by Crippen LogP contribution is -2.43. The van der Waals surface area contributed by atoms with Gasteiger partial charge in [0.25, 0.3) is 15.8 Å². The van der Waals surface area contributed by atoms with E-state index in [9.17, 15) is 22.0 Å². The fourth-order valence-corrected chi connectivity index (χ4v) is 5.39. The van der Waals surface area contributed by atoms with Crippen molar-refractivity contribution in [1.82, 2.24) is 4.90 Å². The smallest absolute Gasteiger partial charge is 0.288 e. The Morgan fingerprint density at radius 3 is 2.63 bits per heavy atom. The first-order valence-corrected chi connectivity index (χ1v) is 11.7. The first-order valence-electron chi connectivity index (χ1n) is 9.38. The van der Waals surface area contributed by atoms with Crippen molar-refractivity contribution in [3.8, 4) is 0 Å². The van der Waals surface area contributed by atoms with Gasteiger partial charge in [0.05, 0.1) is 5.92 Å². The quantitative estimate of drug-likeness (QED) is 0.716. The summed E-state index contributed by atoms with van der Waals surface area (Å²) in [5.41, 5.74) is 1.09. The maximum Gasteiger partial charge on any atom is 0.288 e. The minimum atomic E-state index is -3.71. The molecule has 2 heterocycles. The SMILES string of the molecule is O=C(Nc1ccc(SC(F)F)cc1)C1CCCN(C2=NS(=O)(=O)c3ccccc32)C1. The number of hydrogen-bond acceptors (Lipinski definition) is 5. The number of halogens is 2. The molecule has 0 radical (unpaired) electrons. The molecular formula is C20H19F2N3O3S2. The Labute approximate surface area is 177 Å². The van der Waals surface area contributed by atoms with Crippen molar-refractivity contribution in [2.24, 2.45) is 10.3 Å². The van der Waals surface area contributed by atoms with E-state index >= 15 is 0 Å².